The van der Waals surface area contributed by atoms with Crippen LogP contribution in [0, 0.1) is 0 Å². The molecular formula is C16H23N3O5S. The van der Waals surface area contributed by atoms with Gasteiger partial charge in [0.25, 0.3) is 5.91 Å². The molecule has 1 aromatic carbocycles. The van der Waals surface area contributed by atoms with Gasteiger partial charge in [0.15, 0.2) is 6.61 Å². The summed E-state index contributed by atoms with van der Waals surface area (Å²) in [6.07, 6.45) is 1.68. The number of hydrogen-bond acceptors (Lipinski definition) is 6. The standard InChI is InChI=1S/C16H23N3O5S/c1-3-4-11-9-17-5-6-19(11)25(21,22)15-8-13-12(7-14(15)23-2)18-16(20)10-24-13/h7-8,11,17H,3-6,9-10H2,1-2H3,(H,18,20). The third-order valence-corrected chi connectivity index (χ3v) is 6.38. The molecule has 0 aromatic heterocycles. The molecule has 1 aromatic rings. The van der Waals surface area contributed by atoms with Crippen molar-refractivity contribution in [2.24, 2.45) is 0 Å². The maximum Gasteiger partial charge on any atom is 0.262 e. The first-order chi connectivity index (χ1) is 12.0. The second-order valence-electron chi connectivity index (χ2n) is 6.10. The van der Waals surface area contributed by atoms with Crippen LogP contribution in [-0.2, 0) is 14.8 Å². The monoisotopic (exact) mass is 369 g/mol. The third-order valence-electron chi connectivity index (χ3n) is 4.40. The van der Waals surface area contributed by atoms with Crippen molar-refractivity contribution < 1.29 is 22.7 Å². The minimum absolute atomic E-state index is 0.0629. The molecule has 0 saturated carbocycles. The van der Waals surface area contributed by atoms with Crippen LogP contribution in [0.5, 0.6) is 11.5 Å². The summed E-state index contributed by atoms with van der Waals surface area (Å²) in [5.74, 6) is 0.245. The van der Waals surface area contributed by atoms with Crippen molar-refractivity contribution in [3.63, 3.8) is 0 Å². The van der Waals surface area contributed by atoms with Gasteiger partial charge in [-0.3, -0.25) is 4.79 Å². The molecule has 0 bridgehead atoms. The summed E-state index contributed by atoms with van der Waals surface area (Å²) in [5, 5.41) is 5.91. The predicted molar refractivity (Wildman–Crippen MR) is 92.6 cm³/mol. The zero-order chi connectivity index (χ0) is 18.0. The van der Waals surface area contributed by atoms with E-state index in [1.165, 1.54) is 19.2 Å². The Hall–Kier alpha value is -1.84. The lowest BCUT2D eigenvalue weighted by atomic mass is 10.1. The second-order valence-corrected chi connectivity index (χ2v) is 7.96. The first kappa shape index (κ1) is 18.0. The Morgan fingerprint density at radius 2 is 2.20 bits per heavy atom. The molecule has 2 aliphatic rings. The van der Waals surface area contributed by atoms with Crippen molar-refractivity contribution in [1.29, 1.82) is 0 Å². The van der Waals surface area contributed by atoms with Crippen LogP contribution in [0.2, 0.25) is 0 Å². The van der Waals surface area contributed by atoms with Gasteiger partial charge in [0.2, 0.25) is 10.0 Å². The average molecular weight is 369 g/mol. The number of anilines is 1. The Balaban J connectivity index is 2.02. The van der Waals surface area contributed by atoms with Crippen LogP contribution in [-0.4, -0.2) is 58.0 Å². The number of fused-ring (bicyclic) bond motifs is 1. The fraction of sp³-hybridized carbons (Fsp3) is 0.562. The topological polar surface area (TPSA) is 97.0 Å². The van der Waals surface area contributed by atoms with Crippen LogP contribution in [0.15, 0.2) is 17.0 Å². The van der Waals surface area contributed by atoms with Crippen LogP contribution < -0.4 is 20.1 Å². The Kier molecular flexibility index (Phi) is 5.16. The van der Waals surface area contributed by atoms with E-state index in [4.69, 9.17) is 9.47 Å². The van der Waals surface area contributed by atoms with Crippen molar-refractivity contribution in [3.8, 4) is 11.5 Å². The number of nitrogens with one attached hydrogen (secondary N) is 2. The van der Waals surface area contributed by atoms with Crippen molar-refractivity contribution in [2.75, 3.05) is 38.7 Å². The van der Waals surface area contributed by atoms with Gasteiger partial charge in [0.05, 0.1) is 12.8 Å². The molecule has 0 radical (unpaired) electrons. The van der Waals surface area contributed by atoms with Crippen LogP contribution >= 0.6 is 0 Å². The second kappa shape index (κ2) is 7.19. The van der Waals surface area contributed by atoms with E-state index < -0.39 is 10.0 Å². The van der Waals surface area contributed by atoms with E-state index >= 15 is 0 Å². The summed E-state index contributed by atoms with van der Waals surface area (Å²) < 4.78 is 38.8. The highest BCUT2D eigenvalue weighted by atomic mass is 32.2. The molecule has 1 fully saturated rings. The zero-order valence-electron chi connectivity index (χ0n) is 14.4. The third kappa shape index (κ3) is 3.44. The maximum atomic E-state index is 13.3. The molecule has 138 valence electrons. The van der Waals surface area contributed by atoms with E-state index in [9.17, 15) is 13.2 Å². The van der Waals surface area contributed by atoms with Gasteiger partial charge in [0, 0.05) is 37.8 Å². The lowest BCUT2D eigenvalue weighted by Crippen LogP contribution is -2.53. The predicted octanol–water partition coefficient (Wildman–Crippen LogP) is 0.789. The molecule has 25 heavy (non-hydrogen) atoms. The number of methoxy groups -OCH3 is 1. The van der Waals surface area contributed by atoms with Crippen LogP contribution in [0.4, 0.5) is 5.69 Å². The lowest BCUT2D eigenvalue weighted by molar-refractivity contribution is -0.118. The van der Waals surface area contributed by atoms with Gasteiger partial charge in [-0.2, -0.15) is 4.31 Å². The summed E-state index contributed by atoms with van der Waals surface area (Å²) >= 11 is 0. The Bertz CT molecular complexity index is 763. The molecule has 1 atom stereocenters. The van der Waals surface area contributed by atoms with Crippen LogP contribution in [0.3, 0.4) is 0 Å². The van der Waals surface area contributed by atoms with Crippen LogP contribution in [0.25, 0.3) is 0 Å². The van der Waals surface area contributed by atoms with E-state index in [2.05, 4.69) is 10.6 Å². The maximum absolute atomic E-state index is 13.3. The lowest BCUT2D eigenvalue weighted by Gasteiger charge is -2.35. The minimum Gasteiger partial charge on any atom is -0.495 e. The summed E-state index contributed by atoms with van der Waals surface area (Å²) in [7, 11) is -2.34. The number of piperazine rings is 1. The SMILES string of the molecule is CCCC1CNCCN1S(=O)(=O)c1cc2c(cc1OC)NC(=O)CO2. The number of rotatable bonds is 5. The molecule has 2 aliphatic heterocycles. The first-order valence-electron chi connectivity index (χ1n) is 8.34. The highest BCUT2D eigenvalue weighted by molar-refractivity contribution is 7.89. The number of carbonyl (C=O) groups is 1. The van der Waals surface area contributed by atoms with Crippen molar-refractivity contribution in [3.05, 3.63) is 12.1 Å². The normalized spacial score (nSPS) is 21.2. The van der Waals surface area contributed by atoms with Gasteiger partial charge in [-0.15, -0.1) is 0 Å². The molecule has 2 N–H and O–H groups in total. The number of nitrogens with zero attached hydrogens (tertiary/aromatic N) is 1. The quantitative estimate of drug-likeness (QED) is 0.796. The first-order valence-corrected chi connectivity index (χ1v) is 9.78. The molecular weight excluding hydrogens is 346 g/mol. The highest BCUT2D eigenvalue weighted by Gasteiger charge is 2.36. The molecule has 2 heterocycles. The molecule has 1 amide bonds. The van der Waals surface area contributed by atoms with Gasteiger partial charge in [-0.1, -0.05) is 13.3 Å². The number of amides is 1. The number of hydrogen-bond donors (Lipinski definition) is 2. The van der Waals surface area contributed by atoms with E-state index in [0.717, 1.165) is 12.8 Å². The van der Waals surface area contributed by atoms with Gasteiger partial charge < -0.3 is 20.1 Å². The Morgan fingerprint density at radius 3 is 2.92 bits per heavy atom. The van der Waals surface area contributed by atoms with Gasteiger partial charge in [-0.25, -0.2) is 8.42 Å². The largest absolute Gasteiger partial charge is 0.495 e. The molecule has 1 unspecified atom stereocenters. The Morgan fingerprint density at radius 1 is 1.40 bits per heavy atom. The fourth-order valence-corrected chi connectivity index (χ4v) is 5.02. The van der Waals surface area contributed by atoms with E-state index in [1.54, 1.807) is 4.31 Å². The summed E-state index contributed by atoms with van der Waals surface area (Å²) in [5.41, 5.74) is 0.414. The van der Waals surface area contributed by atoms with Crippen molar-refractivity contribution >= 4 is 21.6 Å². The summed E-state index contributed by atoms with van der Waals surface area (Å²) in [4.78, 5) is 11.5. The molecule has 8 nitrogen and oxygen atoms in total. The molecule has 9 heteroatoms. The molecule has 3 rings (SSSR count). The van der Waals surface area contributed by atoms with Gasteiger partial charge in [0.1, 0.15) is 16.4 Å². The molecule has 0 aliphatic carbocycles. The van der Waals surface area contributed by atoms with E-state index in [1.807, 2.05) is 6.92 Å². The van der Waals surface area contributed by atoms with Gasteiger partial charge >= 0.3 is 0 Å². The van der Waals surface area contributed by atoms with Crippen molar-refractivity contribution in [1.82, 2.24) is 9.62 Å². The number of ether oxygens (including phenoxy) is 2. The number of carbonyl (C=O) groups excluding carboxylic acids is 1. The highest BCUT2D eigenvalue weighted by Crippen LogP contribution is 2.39. The zero-order valence-corrected chi connectivity index (χ0v) is 15.2. The smallest absolute Gasteiger partial charge is 0.262 e. The van der Waals surface area contributed by atoms with Crippen molar-refractivity contribution in [2.45, 2.75) is 30.7 Å². The number of sulfonamides is 1. The van der Waals surface area contributed by atoms with E-state index in [-0.39, 0.29) is 29.2 Å². The summed E-state index contributed by atoms with van der Waals surface area (Å²) in [6, 6.07) is 2.84. The average Bonchev–Trinajstić information content (AvgIpc) is 2.61. The fourth-order valence-electron chi connectivity index (χ4n) is 3.21. The Labute approximate surface area is 147 Å². The van der Waals surface area contributed by atoms with Crippen LogP contribution in [0.1, 0.15) is 19.8 Å². The minimum atomic E-state index is -3.75. The van der Waals surface area contributed by atoms with Gasteiger partial charge in [-0.05, 0) is 6.42 Å². The van der Waals surface area contributed by atoms with E-state index in [0.29, 0.717) is 31.1 Å². The molecule has 1 saturated heterocycles. The summed E-state index contributed by atoms with van der Waals surface area (Å²) in [6.45, 7) is 3.55. The molecule has 0 spiro atoms. The number of benzene rings is 1.